The van der Waals surface area contributed by atoms with Gasteiger partial charge in [-0.25, -0.2) is 0 Å². The minimum atomic E-state index is 0.135. The quantitative estimate of drug-likeness (QED) is 0.783. The van der Waals surface area contributed by atoms with E-state index in [1.807, 2.05) is 0 Å². The molecule has 0 aromatic rings. The third-order valence-electron chi connectivity index (χ3n) is 5.45. The van der Waals surface area contributed by atoms with Gasteiger partial charge in [0.05, 0.1) is 0 Å². The summed E-state index contributed by atoms with van der Waals surface area (Å²) in [6.45, 7) is 7.53. The predicted molar refractivity (Wildman–Crippen MR) is 68.5 cm³/mol. The molecule has 0 aliphatic heterocycles. The van der Waals surface area contributed by atoms with Crippen LogP contribution < -0.4 is 5.32 Å². The van der Waals surface area contributed by atoms with Crippen molar-refractivity contribution in [3.05, 3.63) is 0 Å². The molecule has 0 aromatic carbocycles. The summed E-state index contributed by atoms with van der Waals surface area (Å²) < 4.78 is 0. The summed E-state index contributed by atoms with van der Waals surface area (Å²) in [5.74, 6) is 1.06. The molecule has 2 nitrogen and oxygen atoms in total. The molecule has 0 heterocycles. The van der Waals surface area contributed by atoms with Gasteiger partial charge in [-0.3, -0.25) is 4.79 Å². The molecule has 2 unspecified atom stereocenters. The molecule has 17 heavy (non-hydrogen) atoms. The Morgan fingerprint density at radius 2 is 1.71 bits per heavy atom. The topological polar surface area (TPSA) is 29.1 Å². The number of hydrogen-bond donors (Lipinski definition) is 1. The van der Waals surface area contributed by atoms with Gasteiger partial charge in [0, 0.05) is 13.5 Å². The molecule has 0 aromatic heterocycles. The van der Waals surface area contributed by atoms with E-state index >= 15 is 0 Å². The number of carbonyl (C=O) groups excluding carboxylic acids is 1. The molecule has 4 bridgehead atoms. The molecular weight excluding hydrogens is 210 g/mol. The highest BCUT2D eigenvalue weighted by Crippen LogP contribution is 2.69. The van der Waals surface area contributed by atoms with Gasteiger partial charge in [-0.1, -0.05) is 13.8 Å². The molecule has 1 amide bonds. The zero-order valence-corrected chi connectivity index (χ0v) is 11.4. The van der Waals surface area contributed by atoms with Crippen molar-refractivity contribution in [2.45, 2.75) is 59.3 Å². The summed E-state index contributed by atoms with van der Waals surface area (Å²) in [4.78, 5) is 11.2. The Bertz CT molecular complexity index is 344. The SMILES string of the molecule is CC(=O)NCC12CC3C[C@@](C)(C1)C[C@](C)(C3)C2. The second-order valence-corrected chi connectivity index (χ2v) is 8.04. The maximum Gasteiger partial charge on any atom is 0.216 e. The fourth-order valence-electron chi connectivity index (χ4n) is 6.19. The number of nitrogens with one attached hydrogen (secondary N) is 1. The van der Waals surface area contributed by atoms with Crippen LogP contribution in [0.5, 0.6) is 0 Å². The van der Waals surface area contributed by atoms with E-state index in [4.69, 9.17) is 0 Å². The molecule has 4 aliphatic rings. The summed E-state index contributed by atoms with van der Waals surface area (Å²) in [7, 11) is 0. The number of rotatable bonds is 2. The van der Waals surface area contributed by atoms with Gasteiger partial charge in [0.25, 0.3) is 0 Å². The van der Waals surface area contributed by atoms with E-state index in [0.29, 0.717) is 16.2 Å². The monoisotopic (exact) mass is 235 g/mol. The fourth-order valence-corrected chi connectivity index (χ4v) is 6.19. The first-order chi connectivity index (χ1) is 7.82. The zero-order chi connectivity index (χ0) is 12.3. The van der Waals surface area contributed by atoms with Crippen LogP contribution in [0, 0.1) is 22.2 Å². The third-order valence-corrected chi connectivity index (χ3v) is 5.45. The first-order valence-electron chi connectivity index (χ1n) is 7.07. The van der Waals surface area contributed by atoms with E-state index in [1.54, 1.807) is 6.92 Å². The van der Waals surface area contributed by atoms with Crippen LogP contribution in [0.3, 0.4) is 0 Å². The number of carbonyl (C=O) groups is 1. The second kappa shape index (κ2) is 3.27. The van der Waals surface area contributed by atoms with Gasteiger partial charge in [-0.15, -0.1) is 0 Å². The van der Waals surface area contributed by atoms with Crippen molar-refractivity contribution in [3.8, 4) is 0 Å². The molecule has 4 fully saturated rings. The largest absolute Gasteiger partial charge is 0.356 e. The van der Waals surface area contributed by atoms with Crippen LogP contribution in [-0.4, -0.2) is 12.5 Å². The highest BCUT2D eigenvalue weighted by atomic mass is 16.1. The minimum absolute atomic E-state index is 0.135. The molecule has 0 saturated heterocycles. The molecule has 4 aliphatic carbocycles. The summed E-state index contributed by atoms with van der Waals surface area (Å²) >= 11 is 0. The highest BCUT2D eigenvalue weighted by Gasteiger charge is 2.59. The Balaban J connectivity index is 1.84. The Kier molecular flexibility index (Phi) is 2.22. The van der Waals surface area contributed by atoms with Gasteiger partial charge < -0.3 is 5.32 Å². The van der Waals surface area contributed by atoms with E-state index in [9.17, 15) is 4.79 Å². The van der Waals surface area contributed by atoms with E-state index in [0.717, 1.165) is 12.5 Å². The van der Waals surface area contributed by atoms with Gasteiger partial charge >= 0.3 is 0 Å². The molecule has 4 atom stereocenters. The highest BCUT2D eigenvalue weighted by molar-refractivity contribution is 5.72. The van der Waals surface area contributed by atoms with Crippen LogP contribution in [0.2, 0.25) is 0 Å². The fraction of sp³-hybridized carbons (Fsp3) is 0.933. The summed E-state index contributed by atoms with van der Waals surface area (Å²) in [6.07, 6.45) is 8.32. The summed E-state index contributed by atoms with van der Waals surface area (Å²) in [6, 6.07) is 0. The van der Waals surface area contributed by atoms with Crippen molar-refractivity contribution in [1.82, 2.24) is 5.32 Å². The summed E-state index contributed by atoms with van der Waals surface area (Å²) in [5.41, 5.74) is 1.55. The Morgan fingerprint density at radius 3 is 2.18 bits per heavy atom. The number of amides is 1. The van der Waals surface area contributed by atoms with E-state index < -0.39 is 0 Å². The lowest BCUT2D eigenvalue weighted by Gasteiger charge is -2.65. The lowest BCUT2D eigenvalue weighted by Crippen LogP contribution is -2.58. The smallest absolute Gasteiger partial charge is 0.216 e. The van der Waals surface area contributed by atoms with Gasteiger partial charge in [-0.05, 0) is 60.7 Å². The molecule has 4 saturated carbocycles. The summed E-state index contributed by atoms with van der Waals surface area (Å²) in [5, 5.41) is 3.10. The molecule has 4 rings (SSSR count). The zero-order valence-electron chi connectivity index (χ0n) is 11.4. The van der Waals surface area contributed by atoms with Crippen LogP contribution in [0.15, 0.2) is 0 Å². The second-order valence-electron chi connectivity index (χ2n) is 8.04. The Labute approximate surface area is 105 Å². The molecule has 0 radical (unpaired) electrons. The first-order valence-corrected chi connectivity index (χ1v) is 7.07. The molecule has 0 spiro atoms. The maximum atomic E-state index is 11.2. The standard InChI is InChI=1S/C15H25NO/c1-11(17)16-10-15-6-12-4-13(2,8-15)7-14(3,5-12)9-15/h12H,4-10H2,1-3H3,(H,16,17)/t12?,13-,14+,15?. The van der Waals surface area contributed by atoms with Crippen molar-refractivity contribution < 1.29 is 4.79 Å². The average molecular weight is 235 g/mol. The van der Waals surface area contributed by atoms with Crippen LogP contribution >= 0.6 is 0 Å². The van der Waals surface area contributed by atoms with E-state index in [-0.39, 0.29) is 5.91 Å². The van der Waals surface area contributed by atoms with Gasteiger partial charge in [0.2, 0.25) is 5.91 Å². The lowest BCUT2D eigenvalue weighted by atomic mass is 9.40. The average Bonchev–Trinajstić information content (AvgIpc) is 2.08. The van der Waals surface area contributed by atoms with Crippen molar-refractivity contribution in [3.63, 3.8) is 0 Å². The Morgan fingerprint density at radius 1 is 1.12 bits per heavy atom. The normalized spacial score (nSPS) is 51.6. The van der Waals surface area contributed by atoms with Crippen molar-refractivity contribution in [2.75, 3.05) is 6.54 Å². The molecular formula is C15H25NO. The molecule has 2 heteroatoms. The van der Waals surface area contributed by atoms with E-state index in [1.165, 1.54) is 38.5 Å². The Hall–Kier alpha value is -0.530. The minimum Gasteiger partial charge on any atom is -0.356 e. The van der Waals surface area contributed by atoms with Crippen molar-refractivity contribution >= 4 is 5.91 Å². The van der Waals surface area contributed by atoms with Crippen molar-refractivity contribution in [1.29, 1.82) is 0 Å². The van der Waals surface area contributed by atoms with Gasteiger partial charge in [-0.2, -0.15) is 0 Å². The first kappa shape index (κ1) is 11.6. The van der Waals surface area contributed by atoms with Crippen LogP contribution in [-0.2, 0) is 4.79 Å². The lowest BCUT2D eigenvalue weighted by molar-refractivity contribution is -0.146. The molecule has 1 N–H and O–H groups in total. The van der Waals surface area contributed by atoms with E-state index in [2.05, 4.69) is 19.2 Å². The maximum absolute atomic E-state index is 11.2. The molecule has 96 valence electrons. The van der Waals surface area contributed by atoms with Crippen LogP contribution in [0.1, 0.15) is 59.3 Å². The third kappa shape index (κ3) is 1.90. The van der Waals surface area contributed by atoms with Crippen molar-refractivity contribution in [2.24, 2.45) is 22.2 Å². The predicted octanol–water partition coefficient (Wildman–Crippen LogP) is 3.12. The van der Waals surface area contributed by atoms with Crippen LogP contribution in [0.25, 0.3) is 0 Å². The van der Waals surface area contributed by atoms with Gasteiger partial charge in [0.15, 0.2) is 0 Å². The van der Waals surface area contributed by atoms with Crippen LogP contribution in [0.4, 0.5) is 0 Å². The number of hydrogen-bond acceptors (Lipinski definition) is 1. The van der Waals surface area contributed by atoms with Gasteiger partial charge in [0.1, 0.15) is 0 Å².